The Kier molecular flexibility index (Phi) is 2.62. The van der Waals surface area contributed by atoms with Crippen molar-refractivity contribution in [2.45, 2.75) is 6.04 Å². The molecular formula is C11H13NO3. The third-order valence-electron chi connectivity index (χ3n) is 2.40. The Labute approximate surface area is 87.2 Å². The first-order valence-corrected chi connectivity index (χ1v) is 4.68. The summed E-state index contributed by atoms with van der Waals surface area (Å²) >= 11 is 0. The number of hydrogen-bond acceptors (Lipinski definition) is 4. The van der Waals surface area contributed by atoms with Gasteiger partial charge in [-0.05, 0) is 18.2 Å². The quantitative estimate of drug-likeness (QED) is 0.798. The van der Waals surface area contributed by atoms with Crippen LogP contribution in [0.5, 0.6) is 5.75 Å². The molecule has 0 aliphatic rings. The molecule has 80 valence electrons. The van der Waals surface area contributed by atoms with Gasteiger partial charge in [0.1, 0.15) is 11.3 Å². The SMILES string of the molecule is COc1cc2ccoc2cc1C(N)CO. The van der Waals surface area contributed by atoms with E-state index in [4.69, 9.17) is 20.0 Å². The highest BCUT2D eigenvalue weighted by Gasteiger charge is 2.13. The van der Waals surface area contributed by atoms with E-state index in [1.165, 1.54) is 0 Å². The Morgan fingerprint density at radius 2 is 2.33 bits per heavy atom. The van der Waals surface area contributed by atoms with E-state index < -0.39 is 6.04 Å². The molecule has 0 saturated carbocycles. The highest BCUT2D eigenvalue weighted by molar-refractivity contribution is 5.80. The number of fused-ring (bicyclic) bond motifs is 1. The van der Waals surface area contributed by atoms with Crippen molar-refractivity contribution in [1.29, 1.82) is 0 Å². The maximum atomic E-state index is 9.02. The number of methoxy groups -OCH3 is 1. The lowest BCUT2D eigenvalue weighted by Crippen LogP contribution is -2.15. The molecule has 1 aromatic carbocycles. The summed E-state index contributed by atoms with van der Waals surface area (Å²) in [5.41, 5.74) is 7.26. The van der Waals surface area contributed by atoms with Gasteiger partial charge in [-0.3, -0.25) is 0 Å². The maximum Gasteiger partial charge on any atom is 0.134 e. The summed E-state index contributed by atoms with van der Waals surface area (Å²) in [7, 11) is 1.58. The summed E-state index contributed by atoms with van der Waals surface area (Å²) < 4.78 is 10.5. The number of rotatable bonds is 3. The fourth-order valence-electron chi connectivity index (χ4n) is 1.57. The van der Waals surface area contributed by atoms with Crippen molar-refractivity contribution in [1.82, 2.24) is 0 Å². The maximum absolute atomic E-state index is 9.02. The summed E-state index contributed by atoms with van der Waals surface area (Å²) in [6.07, 6.45) is 1.61. The second-order valence-corrected chi connectivity index (χ2v) is 3.34. The number of benzene rings is 1. The molecule has 0 aliphatic heterocycles. The summed E-state index contributed by atoms with van der Waals surface area (Å²) in [6, 6.07) is 5.06. The van der Waals surface area contributed by atoms with Crippen molar-refractivity contribution in [2.24, 2.45) is 5.73 Å². The third-order valence-corrected chi connectivity index (χ3v) is 2.40. The van der Waals surface area contributed by atoms with Crippen molar-refractivity contribution in [3.05, 3.63) is 30.0 Å². The van der Waals surface area contributed by atoms with Crippen LogP contribution in [0.1, 0.15) is 11.6 Å². The van der Waals surface area contributed by atoms with Gasteiger partial charge in [-0.1, -0.05) is 0 Å². The lowest BCUT2D eigenvalue weighted by Gasteiger charge is -2.13. The van der Waals surface area contributed by atoms with E-state index in [1.54, 1.807) is 19.4 Å². The van der Waals surface area contributed by atoms with Crippen molar-refractivity contribution >= 4 is 11.0 Å². The zero-order chi connectivity index (χ0) is 10.8. The van der Waals surface area contributed by atoms with Crippen LogP contribution >= 0.6 is 0 Å². The predicted octanol–water partition coefficient (Wildman–Crippen LogP) is 1.43. The molecule has 1 heterocycles. The van der Waals surface area contributed by atoms with E-state index in [0.29, 0.717) is 5.75 Å². The zero-order valence-electron chi connectivity index (χ0n) is 8.43. The number of nitrogens with two attached hydrogens (primary N) is 1. The topological polar surface area (TPSA) is 68.6 Å². The van der Waals surface area contributed by atoms with Gasteiger partial charge >= 0.3 is 0 Å². The van der Waals surface area contributed by atoms with Crippen LogP contribution in [0.15, 0.2) is 28.9 Å². The van der Waals surface area contributed by atoms with Gasteiger partial charge in [0.15, 0.2) is 0 Å². The number of furan rings is 1. The Morgan fingerprint density at radius 3 is 3.00 bits per heavy atom. The van der Waals surface area contributed by atoms with Crippen LogP contribution in [0.2, 0.25) is 0 Å². The number of hydrogen-bond donors (Lipinski definition) is 2. The molecule has 0 spiro atoms. The van der Waals surface area contributed by atoms with Gasteiger partial charge in [-0.2, -0.15) is 0 Å². The second-order valence-electron chi connectivity index (χ2n) is 3.34. The van der Waals surface area contributed by atoms with Crippen molar-refractivity contribution in [3.63, 3.8) is 0 Å². The molecule has 1 atom stereocenters. The molecular weight excluding hydrogens is 194 g/mol. The van der Waals surface area contributed by atoms with Crippen molar-refractivity contribution < 1.29 is 14.3 Å². The van der Waals surface area contributed by atoms with Gasteiger partial charge < -0.3 is 20.0 Å². The summed E-state index contributed by atoms with van der Waals surface area (Å²) in [5, 5.41) is 9.98. The first-order chi connectivity index (χ1) is 7.26. The van der Waals surface area contributed by atoms with Gasteiger partial charge in [-0.25, -0.2) is 0 Å². The summed E-state index contributed by atoms with van der Waals surface area (Å²) in [6.45, 7) is -0.122. The molecule has 0 bridgehead atoms. The van der Waals surface area contributed by atoms with Gasteiger partial charge in [-0.15, -0.1) is 0 Å². The largest absolute Gasteiger partial charge is 0.496 e. The first-order valence-electron chi connectivity index (χ1n) is 4.68. The molecule has 4 heteroatoms. The minimum atomic E-state index is -0.450. The van der Waals surface area contributed by atoms with Crippen LogP contribution in [0.25, 0.3) is 11.0 Å². The summed E-state index contributed by atoms with van der Waals surface area (Å²) in [4.78, 5) is 0. The van der Waals surface area contributed by atoms with E-state index in [9.17, 15) is 0 Å². The predicted molar refractivity (Wildman–Crippen MR) is 56.8 cm³/mol. The lowest BCUT2D eigenvalue weighted by molar-refractivity contribution is 0.264. The fourth-order valence-corrected chi connectivity index (χ4v) is 1.57. The minimum Gasteiger partial charge on any atom is -0.496 e. The Bertz CT molecular complexity index is 464. The van der Waals surface area contributed by atoms with Crippen molar-refractivity contribution in [2.75, 3.05) is 13.7 Å². The molecule has 2 rings (SSSR count). The number of ether oxygens (including phenoxy) is 1. The Balaban J connectivity index is 2.59. The van der Waals surface area contributed by atoms with E-state index in [0.717, 1.165) is 16.5 Å². The van der Waals surface area contributed by atoms with E-state index in [-0.39, 0.29) is 6.61 Å². The molecule has 15 heavy (non-hydrogen) atoms. The molecule has 2 aromatic rings. The second kappa shape index (κ2) is 3.92. The molecule has 4 nitrogen and oxygen atoms in total. The first kappa shape index (κ1) is 10.0. The van der Waals surface area contributed by atoms with Crippen LogP contribution in [0.3, 0.4) is 0 Å². The fraction of sp³-hybridized carbons (Fsp3) is 0.273. The molecule has 0 aliphatic carbocycles. The van der Waals surface area contributed by atoms with Gasteiger partial charge in [0, 0.05) is 10.9 Å². The lowest BCUT2D eigenvalue weighted by atomic mass is 10.1. The van der Waals surface area contributed by atoms with Gasteiger partial charge in [0.25, 0.3) is 0 Å². The molecule has 3 N–H and O–H groups in total. The van der Waals surface area contributed by atoms with Crippen LogP contribution in [-0.4, -0.2) is 18.8 Å². The van der Waals surface area contributed by atoms with Gasteiger partial charge in [0.05, 0.1) is 26.0 Å². The Hall–Kier alpha value is -1.52. The Morgan fingerprint density at radius 1 is 1.53 bits per heavy atom. The van der Waals surface area contributed by atoms with E-state index in [1.807, 2.05) is 12.1 Å². The molecule has 0 saturated heterocycles. The standard InChI is InChI=1S/C11H13NO3/c1-14-11-4-7-2-3-15-10(7)5-8(11)9(12)6-13/h2-5,9,13H,6,12H2,1H3. The molecule has 1 aromatic heterocycles. The molecule has 0 amide bonds. The van der Waals surface area contributed by atoms with Crippen LogP contribution < -0.4 is 10.5 Å². The monoisotopic (exact) mass is 207 g/mol. The number of aliphatic hydroxyl groups excluding tert-OH is 1. The summed E-state index contributed by atoms with van der Waals surface area (Å²) in [5.74, 6) is 0.672. The van der Waals surface area contributed by atoms with Crippen LogP contribution in [-0.2, 0) is 0 Å². The number of aliphatic hydroxyl groups is 1. The highest BCUT2D eigenvalue weighted by Crippen LogP contribution is 2.29. The average molecular weight is 207 g/mol. The molecule has 0 fully saturated rings. The smallest absolute Gasteiger partial charge is 0.134 e. The average Bonchev–Trinajstić information content (AvgIpc) is 2.73. The molecule has 1 unspecified atom stereocenters. The van der Waals surface area contributed by atoms with E-state index in [2.05, 4.69) is 0 Å². The minimum absolute atomic E-state index is 0.122. The van der Waals surface area contributed by atoms with Crippen molar-refractivity contribution in [3.8, 4) is 5.75 Å². The van der Waals surface area contributed by atoms with E-state index >= 15 is 0 Å². The highest BCUT2D eigenvalue weighted by atomic mass is 16.5. The normalized spacial score (nSPS) is 13.0. The van der Waals surface area contributed by atoms with Gasteiger partial charge in [0.2, 0.25) is 0 Å². The van der Waals surface area contributed by atoms with Crippen LogP contribution in [0.4, 0.5) is 0 Å². The zero-order valence-corrected chi connectivity index (χ0v) is 8.43. The third kappa shape index (κ3) is 1.69. The van der Waals surface area contributed by atoms with Crippen LogP contribution in [0, 0.1) is 0 Å². The molecule has 0 radical (unpaired) electrons.